The van der Waals surface area contributed by atoms with E-state index in [-0.39, 0.29) is 17.0 Å². The minimum Gasteiger partial charge on any atom is -0.338 e. The number of nitrogens with one attached hydrogen (secondary N) is 1. The van der Waals surface area contributed by atoms with Crippen LogP contribution in [0, 0.1) is 11.7 Å². The predicted molar refractivity (Wildman–Crippen MR) is 142 cm³/mol. The van der Waals surface area contributed by atoms with Crippen molar-refractivity contribution >= 4 is 16.7 Å². The van der Waals surface area contributed by atoms with Gasteiger partial charge < -0.3 is 9.80 Å². The highest BCUT2D eigenvalue weighted by molar-refractivity contribution is 5.95. The van der Waals surface area contributed by atoms with Crippen LogP contribution in [0.15, 0.2) is 47.3 Å². The van der Waals surface area contributed by atoms with Crippen LogP contribution in [-0.2, 0) is 6.42 Å². The molecule has 1 saturated carbocycles. The predicted octanol–water partition coefficient (Wildman–Crippen LogP) is 5.01. The Balaban J connectivity index is 0.00000148. The quantitative estimate of drug-likeness (QED) is 0.525. The summed E-state index contributed by atoms with van der Waals surface area (Å²) in [6.07, 6.45) is 4.85. The van der Waals surface area contributed by atoms with Crippen molar-refractivity contribution < 1.29 is 9.18 Å². The minimum atomic E-state index is -0.502. The van der Waals surface area contributed by atoms with E-state index in [2.05, 4.69) is 29.1 Å². The molecule has 1 aromatic heterocycles. The van der Waals surface area contributed by atoms with E-state index in [4.69, 9.17) is 0 Å². The Morgan fingerprint density at radius 2 is 1.86 bits per heavy atom. The Morgan fingerprint density at radius 1 is 1.14 bits per heavy atom. The maximum atomic E-state index is 14.8. The topological polar surface area (TPSA) is 69.3 Å². The van der Waals surface area contributed by atoms with E-state index in [0.29, 0.717) is 48.6 Å². The van der Waals surface area contributed by atoms with Gasteiger partial charge in [-0.25, -0.2) is 9.49 Å². The monoisotopic (exact) mass is 492 g/mol. The molecule has 1 aliphatic carbocycles. The molecule has 5 rings (SSSR count). The third-order valence-corrected chi connectivity index (χ3v) is 7.56. The number of H-pyrrole nitrogens is 1. The molecule has 2 unspecified atom stereocenters. The molecule has 0 bridgehead atoms. The number of piperidine rings is 1. The van der Waals surface area contributed by atoms with Crippen molar-refractivity contribution in [2.75, 3.05) is 20.1 Å². The van der Waals surface area contributed by atoms with Gasteiger partial charge in [0.05, 0.1) is 16.6 Å². The number of nitrogens with zero attached hydrogens (tertiary/aromatic N) is 3. The van der Waals surface area contributed by atoms with Crippen LogP contribution in [-0.4, -0.2) is 58.1 Å². The van der Waals surface area contributed by atoms with Gasteiger partial charge >= 0.3 is 0 Å². The molecular formula is C29H37FN4O2. The average Bonchev–Trinajstić information content (AvgIpc) is 3.77. The van der Waals surface area contributed by atoms with Crippen molar-refractivity contribution in [2.24, 2.45) is 5.92 Å². The molecular weight excluding hydrogens is 455 g/mol. The van der Waals surface area contributed by atoms with Crippen LogP contribution < -0.4 is 5.56 Å². The average molecular weight is 493 g/mol. The molecule has 2 atom stereocenters. The normalized spacial score (nSPS) is 19.8. The van der Waals surface area contributed by atoms with Gasteiger partial charge in [-0.05, 0) is 56.0 Å². The Hall–Kier alpha value is -3.06. The fourth-order valence-electron chi connectivity index (χ4n) is 5.41. The Bertz CT molecular complexity index is 1270. The Labute approximate surface area is 212 Å². The molecule has 2 fully saturated rings. The number of carbonyl (C=O) groups is 1. The lowest BCUT2D eigenvalue weighted by atomic mass is 9.88. The molecule has 36 heavy (non-hydrogen) atoms. The molecule has 1 saturated heterocycles. The number of hydrogen-bond acceptors (Lipinski definition) is 4. The highest BCUT2D eigenvalue weighted by Gasteiger charge is 2.38. The number of halogens is 1. The van der Waals surface area contributed by atoms with Gasteiger partial charge in [-0.1, -0.05) is 51.5 Å². The smallest absolute Gasteiger partial charge is 0.272 e. The lowest BCUT2D eigenvalue weighted by Gasteiger charge is -2.42. The molecule has 1 aliphatic heterocycles. The lowest BCUT2D eigenvalue weighted by Crippen LogP contribution is -2.52. The number of fused-ring (bicyclic) bond motifs is 1. The van der Waals surface area contributed by atoms with E-state index >= 15 is 0 Å². The van der Waals surface area contributed by atoms with Gasteiger partial charge in [-0.2, -0.15) is 5.10 Å². The van der Waals surface area contributed by atoms with Gasteiger partial charge in [0.25, 0.3) is 11.5 Å². The van der Waals surface area contributed by atoms with Gasteiger partial charge in [-0.15, -0.1) is 0 Å². The lowest BCUT2D eigenvalue weighted by molar-refractivity contribution is 0.0452. The first-order chi connectivity index (χ1) is 17.5. The number of aromatic amines is 1. The summed E-state index contributed by atoms with van der Waals surface area (Å²) in [4.78, 5) is 29.8. The van der Waals surface area contributed by atoms with Crippen molar-refractivity contribution in [2.45, 2.75) is 65.0 Å². The van der Waals surface area contributed by atoms with E-state index in [1.807, 2.05) is 36.9 Å². The van der Waals surface area contributed by atoms with Gasteiger partial charge in [0, 0.05) is 37.0 Å². The van der Waals surface area contributed by atoms with E-state index < -0.39 is 5.82 Å². The number of hydrogen-bond donors (Lipinski definition) is 1. The molecule has 7 heteroatoms. The Kier molecular flexibility index (Phi) is 8.19. The van der Waals surface area contributed by atoms with Crippen LogP contribution in [0.5, 0.6) is 0 Å². The van der Waals surface area contributed by atoms with Crippen LogP contribution in [0.25, 0.3) is 10.8 Å². The summed E-state index contributed by atoms with van der Waals surface area (Å²) < 4.78 is 14.8. The molecule has 1 amide bonds. The highest BCUT2D eigenvalue weighted by atomic mass is 19.1. The fraction of sp³-hybridized carbons (Fsp3) is 0.483. The molecule has 3 aromatic rings. The number of likely N-dealkylation sites (tertiary alicyclic amines) is 1. The number of aromatic nitrogens is 2. The molecule has 6 nitrogen and oxygen atoms in total. The largest absolute Gasteiger partial charge is 0.338 e. The molecule has 0 radical (unpaired) electrons. The van der Waals surface area contributed by atoms with Crippen LogP contribution in [0.3, 0.4) is 0 Å². The second-order valence-corrected chi connectivity index (χ2v) is 9.71. The van der Waals surface area contributed by atoms with E-state index in [0.717, 1.165) is 23.8 Å². The van der Waals surface area contributed by atoms with E-state index in [1.165, 1.54) is 18.9 Å². The SMILES string of the molecule is CC.CCC1CN(C(=O)c2cc(Cc3n[nH]c(=O)c4ccccc34)ccc2F)CCC1N(C)C1CC1. The summed E-state index contributed by atoms with van der Waals surface area (Å²) in [6, 6.07) is 13.1. The van der Waals surface area contributed by atoms with Gasteiger partial charge in [0.1, 0.15) is 5.82 Å². The van der Waals surface area contributed by atoms with Crippen molar-refractivity contribution in [3.05, 3.63) is 75.5 Å². The van der Waals surface area contributed by atoms with Gasteiger partial charge in [0.2, 0.25) is 0 Å². The third kappa shape index (κ3) is 5.36. The second-order valence-electron chi connectivity index (χ2n) is 9.71. The maximum absolute atomic E-state index is 14.8. The maximum Gasteiger partial charge on any atom is 0.272 e. The highest BCUT2D eigenvalue weighted by Crippen LogP contribution is 2.34. The van der Waals surface area contributed by atoms with Crippen molar-refractivity contribution in [1.29, 1.82) is 0 Å². The van der Waals surface area contributed by atoms with Crippen molar-refractivity contribution in [3.8, 4) is 0 Å². The Morgan fingerprint density at radius 3 is 2.56 bits per heavy atom. The first kappa shape index (κ1) is 26.0. The second kappa shape index (κ2) is 11.3. The van der Waals surface area contributed by atoms with Gasteiger partial charge in [0.15, 0.2) is 0 Å². The van der Waals surface area contributed by atoms with Crippen LogP contribution >= 0.6 is 0 Å². The van der Waals surface area contributed by atoms with Crippen LogP contribution in [0.2, 0.25) is 0 Å². The zero-order chi connectivity index (χ0) is 25.8. The summed E-state index contributed by atoms with van der Waals surface area (Å²) in [5, 5.41) is 8.09. The van der Waals surface area contributed by atoms with Crippen molar-refractivity contribution in [3.63, 3.8) is 0 Å². The molecule has 2 heterocycles. The minimum absolute atomic E-state index is 0.107. The number of carbonyl (C=O) groups excluding carboxylic acids is 1. The molecule has 192 valence electrons. The zero-order valence-corrected chi connectivity index (χ0v) is 21.8. The summed E-state index contributed by atoms with van der Waals surface area (Å²) >= 11 is 0. The summed E-state index contributed by atoms with van der Waals surface area (Å²) in [5.74, 6) is -0.353. The third-order valence-electron chi connectivity index (χ3n) is 7.56. The zero-order valence-electron chi connectivity index (χ0n) is 21.8. The first-order valence-corrected chi connectivity index (χ1v) is 13.2. The van der Waals surface area contributed by atoms with Crippen LogP contribution in [0.4, 0.5) is 4.39 Å². The molecule has 1 N–H and O–H groups in total. The van der Waals surface area contributed by atoms with E-state index in [9.17, 15) is 14.0 Å². The summed E-state index contributed by atoms with van der Waals surface area (Å²) in [7, 11) is 2.21. The summed E-state index contributed by atoms with van der Waals surface area (Å²) in [5.41, 5.74) is 1.34. The van der Waals surface area contributed by atoms with Crippen LogP contribution in [0.1, 0.15) is 68.1 Å². The first-order valence-electron chi connectivity index (χ1n) is 13.2. The number of rotatable bonds is 6. The fourth-order valence-corrected chi connectivity index (χ4v) is 5.41. The molecule has 2 aliphatic rings. The number of benzene rings is 2. The van der Waals surface area contributed by atoms with E-state index in [1.54, 1.807) is 18.2 Å². The van der Waals surface area contributed by atoms with Gasteiger partial charge in [-0.3, -0.25) is 9.59 Å². The number of amides is 1. The molecule has 2 aromatic carbocycles. The standard InChI is InChI=1S/C27H31FN4O2.C2H6/c1-3-18-16-32(13-12-25(18)31(2)19-9-10-19)27(34)22-14-17(8-11-23(22)28)15-24-20-6-4-5-7-21(20)26(33)30-29-24;1-2/h4-8,11,14,18-19,25H,3,9-10,12-13,15-16H2,1-2H3,(H,30,33);1-2H3. The summed E-state index contributed by atoms with van der Waals surface area (Å²) in [6.45, 7) is 7.48. The van der Waals surface area contributed by atoms with Crippen molar-refractivity contribution in [1.82, 2.24) is 20.0 Å². The molecule has 0 spiro atoms.